The summed E-state index contributed by atoms with van der Waals surface area (Å²) in [5.74, 6) is -0.141. The summed E-state index contributed by atoms with van der Waals surface area (Å²) >= 11 is 0. The molecule has 1 aliphatic heterocycles. The average molecular weight is 230 g/mol. The molecule has 0 aromatic heterocycles. The maximum atomic E-state index is 11.0. The van der Waals surface area contributed by atoms with E-state index in [1.807, 2.05) is 0 Å². The molecular formula is C11H22N2O3. The van der Waals surface area contributed by atoms with Crippen LogP contribution >= 0.6 is 0 Å². The van der Waals surface area contributed by atoms with Crippen molar-refractivity contribution in [2.75, 3.05) is 19.7 Å². The highest BCUT2D eigenvalue weighted by Gasteiger charge is 2.40. The number of aliphatic hydroxyl groups excluding tert-OH is 2. The minimum absolute atomic E-state index is 0.0685. The Morgan fingerprint density at radius 2 is 2.25 bits per heavy atom. The smallest absolute Gasteiger partial charge is 0.217 e. The van der Waals surface area contributed by atoms with Crippen molar-refractivity contribution >= 4 is 5.91 Å². The first kappa shape index (κ1) is 13.4. The Labute approximate surface area is 96.4 Å². The molecule has 1 saturated heterocycles. The molecule has 3 N–H and O–H groups in total. The lowest BCUT2D eigenvalue weighted by Gasteiger charge is -2.23. The van der Waals surface area contributed by atoms with Crippen LogP contribution in [0.5, 0.6) is 0 Å². The second-order valence-corrected chi connectivity index (χ2v) is 4.40. The van der Waals surface area contributed by atoms with E-state index in [0.717, 1.165) is 19.4 Å². The Kier molecular flexibility index (Phi) is 5.18. The highest BCUT2D eigenvalue weighted by Crippen LogP contribution is 2.19. The van der Waals surface area contributed by atoms with Crippen LogP contribution in [0.4, 0.5) is 0 Å². The van der Waals surface area contributed by atoms with E-state index in [9.17, 15) is 15.0 Å². The van der Waals surface area contributed by atoms with E-state index in [1.165, 1.54) is 6.92 Å². The zero-order chi connectivity index (χ0) is 12.1. The van der Waals surface area contributed by atoms with Gasteiger partial charge >= 0.3 is 0 Å². The SMILES string of the molecule is CCCCN1CC(NC(C)=O)C(O)C1CO. The van der Waals surface area contributed by atoms with Gasteiger partial charge in [0.2, 0.25) is 5.91 Å². The fourth-order valence-corrected chi connectivity index (χ4v) is 2.21. The van der Waals surface area contributed by atoms with Crippen LogP contribution in [-0.4, -0.2) is 58.9 Å². The summed E-state index contributed by atoms with van der Waals surface area (Å²) < 4.78 is 0. The van der Waals surface area contributed by atoms with Crippen molar-refractivity contribution in [3.8, 4) is 0 Å². The van der Waals surface area contributed by atoms with Crippen molar-refractivity contribution < 1.29 is 15.0 Å². The summed E-state index contributed by atoms with van der Waals surface area (Å²) in [5, 5.41) is 21.9. The van der Waals surface area contributed by atoms with E-state index < -0.39 is 6.10 Å². The minimum Gasteiger partial charge on any atom is -0.395 e. The van der Waals surface area contributed by atoms with Gasteiger partial charge in [0.25, 0.3) is 0 Å². The van der Waals surface area contributed by atoms with Crippen LogP contribution in [0.2, 0.25) is 0 Å². The number of aliphatic hydroxyl groups is 2. The van der Waals surface area contributed by atoms with Crippen molar-refractivity contribution in [1.29, 1.82) is 0 Å². The van der Waals surface area contributed by atoms with Gasteiger partial charge in [0.1, 0.15) is 0 Å². The lowest BCUT2D eigenvalue weighted by Crippen LogP contribution is -2.44. The molecule has 5 nitrogen and oxygen atoms in total. The summed E-state index contributed by atoms with van der Waals surface area (Å²) in [7, 11) is 0. The second-order valence-electron chi connectivity index (χ2n) is 4.40. The predicted octanol–water partition coefficient (Wildman–Crippen LogP) is -0.671. The van der Waals surface area contributed by atoms with Crippen molar-refractivity contribution in [1.82, 2.24) is 10.2 Å². The number of nitrogens with one attached hydrogen (secondary N) is 1. The fraction of sp³-hybridized carbons (Fsp3) is 0.909. The van der Waals surface area contributed by atoms with Crippen LogP contribution in [0, 0.1) is 0 Å². The molecule has 94 valence electrons. The van der Waals surface area contributed by atoms with Crippen molar-refractivity contribution in [3.05, 3.63) is 0 Å². The zero-order valence-corrected chi connectivity index (χ0v) is 10.0. The number of hydrogen-bond donors (Lipinski definition) is 3. The molecule has 0 radical (unpaired) electrons. The second kappa shape index (κ2) is 6.18. The summed E-state index contributed by atoms with van der Waals surface area (Å²) in [4.78, 5) is 13.0. The zero-order valence-electron chi connectivity index (χ0n) is 10.0. The van der Waals surface area contributed by atoms with Gasteiger partial charge in [-0.15, -0.1) is 0 Å². The van der Waals surface area contributed by atoms with E-state index in [0.29, 0.717) is 6.54 Å². The van der Waals surface area contributed by atoms with E-state index in [1.54, 1.807) is 0 Å². The van der Waals surface area contributed by atoms with E-state index >= 15 is 0 Å². The van der Waals surface area contributed by atoms with Crippen LogP contribution in [0.25, 0.3) is 0 Å². The number of carbonyl (C=O) groups is 1. The molecule has 0 aromatic rings. The van der Waals surface area contributed by atoms with Crippen LogP contribution in [0.1, 0.15) is 26.7 Å². The van der Waals surface area contributed by atoms with Gasteiger partial charge in [0, 0.05) is 13.5 Å². The van der Waals surface area contributed by atoms with E-state index in [4.69, 9.17) is 0 Å². The predicted molar refractivity (Wildman–Crippen MR) is 61.0 cm³/mol. The largest absolute Gasteiger partial charge is 0.395 e. The molecule has 1 heterocycles. The summed E-state index contributed by atoms with van der Waals surface area (Å²) in [6.45, 7) is 4.95. The van der Waals surface area contributed by atoms with Gasteiger partial charge in [0.05, 0.1) is 24.8 Å². The number of hydrogen-bond acceptors (Lipinski definition) is 4. The van der Waals surface area contributed by atoms with Crippen LogP contribution in [-0.2, 0) is 4.79 Å². The lowest BCUT2D eigenvalue weighted by atomic mass is 10.1. The molecule has 0 aliphatic carbocycles. The van der Waals surface area contributed by atoms with Crippen LogP contribution in [0.15, 0.2) is 0 Å². The van der Waals surface area contributed by atoms with Crippen molar-refractivity contribution in [2.24, 2.45) is 0 Å². The van der Waals surface area contributed by atoms with E-state index in [2.05, 4.69) is 17.1 Å². The maximum absolute atomic E-state index is 11.0. The molecule has 0 spiro atoms. The highest BCUT2D eigenvalue weighted by atomic mass is 16.3. The Balaban J connectivity index is 2.56. The Hall–Kier alpha value is -0.650. The first-order valence-electron chi connectivity index (χ1n) is 5.90. The molecular weight excluding hydrogens is 208 g/mol. The molecule has 0 aromatic carbocycles. The number of rotatable bonds is 5. The topological polar surface area (TPSA) is 72.8 Å². The quantitative estimate of drug-likeness (QED) is 0.585. The maximum Gasteiger partial charge on any atom is 0.217 e. The first-order valence-corrected chi connectivity index (χ1v) is 5.90. The Bertz CT molecular complexity index is 235. The molecule has 3 unspecified atom stereocenters. The number of nitrogens with zero attached hydrogens (tertiary/aromatic N) is 1. The number of amides is 1. The molecule has 5 heteroatoms. The molecule has 0 bridgehead atoms. The third-order valence-electron chi connectivity index (χ3n) is 3.08. The summed E-state index contributed by atoms with van der Waals surface area (Å²) in [6, 6.07) is -0.505. The molecule has 1 aliphatic rings. The van der Waals surface area contributed by atoms with Gasteiger partial charge in [-0.1, -0.05) is 13.3 Å². The number of unbranched alkanes of at least 4 members (excludes halogenated alkanes) is 1. The van der Waals surface area contributed by atoms with E-state index in [-0.39, 0.29) is 24.6 Å². The fourth-order valence-electron chi connectivity index (χ4n) is 2.21. The van der Waals surface area contributed by atoms with Gasteiger partial charge in [-0.3, -0.25) is 9.69 Å². The van der Waals surface area contributed by atoms with Crippen molar-refractivity contribution in [2.45, 2.75) is 44.9 Å². The molecule has 1 fully saturated rings. The average Bonchev–Trinajstić information content (AvgIpc) is 2.51. The van der Waals surface area contributed by atoms with Crippen LogP contribution < -0.4 is 5.32 Å². The Morgan fingerprint density at radius 1 is 1.56 bits per heavy atom. The van der Waals surface area contributed by atoms with Gasteiger partial charge < -0.3 is 15.5 Å². The van der Waals surface area contributed by atoms with Crippen LogP contribution in [0.3, 0.4) is 0 Å². The number of likely N-dealkylation sites (tertiary alicyclic amines) is 1. The highest BCUT2D eigenvalue weighted by molar-refractivity contribution is 5.73. The third-order valence-corrected chi connectivity index (χ3v) is 3.08. The molecule has 3 atom stereocenters. The standard InChI is InChI=1S/C11H22N2O3/c1-3-4-5-13-6-9(12-8(2)15)11(16)10(13)7-14/h9-11,14,16H,3-7H2,1-2H3,(H,12,15). The minimum atomic E-state index is -0.675. The van der Waals surface area contributed by atoms with Gasteiger partial charge in [-0.05, 0) is 13.0 Å². The first-order chi connectivity index (χ1) is 7.60. The van der Waals surface area contributed by atoms with Gasteiger partial charge in [-0.25, -0.2) is 0 Å². The van der Waals surface area contributed by atoms with Gasteiger partial charge in [0.15, 0.2) is 0 Å². The monoisotopic (exact) mass is 230 g/mol. The van der Waals surface area contributed by atoms with Crippen molar-refractivity contribution in [3.63, 3.8) is 0 Å². The van der Waals surface area contributed by atoms with Gasteiger partial charge in [-0.2, -0.15) is 0 Å². The molecule has 1 amide bonds. The lowest BCUT2D eigenvalue weighted by molar-refractivity contribution is -0.120. The third kappa shape index (κ3) is 3.17. The summed E-state index contributed by atoms with van der Waals surface area (Å²) in [6.07, 6.45) is 1.44. The normalized spacial score (nSPS) is 30.6. The Morgan fingerprint density at radius 3 is 2.75 bits per heavy atom. The molecule has 1 rings (SSSR count). The summed E-state index contributed by atoms with van der Waals surface area (Å²) in [5.41, 5.74) is 0. The molecule has 16 heavy (non-hydrogen) atoms. The molecule has 0 saturated carbocycles. The number of carbonyl (C=O) groups excluding carboxylic acids is 1.